The molecule has 1 aliphatic rings. The fourth-order valence-electron chi connectivity index (χ4n) is 1.62. The molecule has 16 heavy (non-hydrogen) atoms. The Morgan fingerprint density at radius 3 is 2.81 bits per heavy atom. The van der Waals surface area contributed by atoms with Crippen LogP contribution < -0.4 is 10.5 Å². The Bertz CT molecular complexity index is 348. The molecule has 0 saturated heterocycles. The van der Waals surface area contributed by atoms with Crippen molar-refractivity contribution < 1.29 is 9.47 Å². The maximum Gasteiger partial charge on any atom is 0.119 e. The topological polar surface area (TPSA) is 44.5 Å². The molecule has 1 aromatic rings. The van der Waals surface area contributed by atoms with E-state index in [9.17, 15) is 0 Å². The summed E-state index contributed by atoms with van der Waals surface area (Å²) >= 11 is 0. The first-order valence-electron chi connectivity index (χ1n) is 5.62. The minimum absolute atomic E-state index is 0.166. The summed E-state index contributed by atoms with van der Waals surface area (Å²) in [4.78, 5) is 0. The summed E-state index contributed by atoms with van der Waals surface area (Å²) in [6.45, 7) is 1.22. The molecular formula is C13H17NO2. The first kappa shape index (κ1) is 11.0. The van der Waals surface area contributed by atoms with E-state index in [0.29, 0.717) is 6.61 Å². The van der Waals surface area contributed by atoms with Crippen LogP contribution in [0.3, 0.4) is 0 Å². The van der Waals surface area contributed by atoms with E-state index in [1.165, 1.54) is 0 Å². The van der Waals surface area contributed by atoms with Crippen molar-refractivity contribution in [3.63, 3.8) is 0 Å². The van der Waals surface area contributed by atoms with Crippen LogP contribution in [0, 0.1) is 0 Å². The predicted molar refractivity (Wildman–Crippen MR) is 63.2 cm³/mol. The quantitative estimate of drug-likeness (QED) is 0.843. The van der Waals surface area contributed by atoms with Crippen molar-refractivity contribution in [2.24, 2.45) is 5.73 Å². The molecule has 0 radical (unpaired) electrons. The van der Waals surface area contributed by atoms with Gasteiger partial charge in [-0.1, -0.05) is 18.2 Å². The lowest BCUT2D eigenvalue weighted by atomic mass is 10.2. The van der Waals surface area contributed by atoms with Gasteiger partial charge in [-0.05, 0) is 31.1 Å². The number of allylic oxidation sites excluding steroid dienone is 1. The highest BCUT2D eigenvalue weighted by Crippen LogP contribution is 2.14. The summed E-state index contributed by atoms with van der Waals surface area (Å²) in [6, 6.07) is 9.51. The maximum atomic E-state index is 5.98. The van der Waals surface area contributed by atoms with Crippen LogP contribution in [0.5, 0.6) is 5.75 Å². The Kier molecular flexibility index (Phi) is 3.83. The number of hydrogen-bond donors (Lipinski definition) is 1. The highest BCUT2D eigenvalue weighted by Gasteiger charge is 2.13. The van der Waals surface area contributed by atoms with Crippen molar-refractivity contribution >= 4 is 0 Å². The Morgan fingerprint density at radius 1 is 1.31 bits per heavy atom. The Hall–Kier alpha value is -1.48. The van der Waals surface area contributed by atoms with Crippen LogP contribution in [0.1, 0.15) is 12.8 Å². The number of benzene rings is 1. The Labute approximate surface area is 95.9 Å². The van der Waals surface area contributed by atoms with Crippen molar-refractivity contribution in [2.45, 2.75) is 18.9 Å². The molecule has 0 fully saturated rings. The Balaban J connectivity index is 1.83. The molecule has 1 heterocycles. The normalized spacial score (nSPS) is 17.2. The second-order valence-corrected chi connectivity index (χ2v) is 3.83. The van der Waals surface area contributed by atoms with Gasteiger partial charge >= 0.3 is 0 Å². The van der Waals surface area contributed by atoms with E-state index in [0.717, 1.165) is 31.0 Å². The zero-order valence-corrected chi connectivity index (χ0v) is 9.26. The van der Waals surface area contributed by atoms with E-state index in [1.807, 2.05) is 30.3 Å². The van der Waals surface area contributed by atoms with Crippen LogP contribution in [-0.4, -0.2) is 19.3 Å². The van der Waals surface area contributed by atoms with Gasteiger partial charge in [0, 0.05) is 0 Å². The molecule has 0 saturated carbocycles. The fourth-order valence-corrected chi connectivity index (χ4v) is 1.62. The lowest BCUT2D eigenvalue weighted by Gasteiger charge is -2.20. The van der Waals surface area contributed by atoms with Crippen LogP contribution in [0.15, 0.2) is 42.2 Å². The molecule has 1 atom stereocenters. The molecule has 0 amide bonds. The monoisotopic (exact) mass is 219 g/mol. The molecule has 1 aliphatic heterocycles. The summed E-state index contributed by atoms with van der Waals surface area (Å²) in [5.74, 6) is 1.71. The summed E-state index contributed by atoms with van der Waals surface area (Å²) in [5.41, 5.74) is 5.98. The summed E-state index contributed by atoms with van der Waals surface area (Å²) in [6.07, 6.45) is 4.19. The van der Waals surface area contributed by atoms with E-state index in [1.54, 1.807) is 0 Å². The number of hydrogen-bond acceptors (Lipinski definition) is 3. The molecular weight excluding hydrogens is 202 g/mol. The summed E-state index contributed by atoms with van der Waals surface area (Å²) in [5, 5.41) is 0. The van der Waals surface area contributed by atoms with Gasteiger partial charge in [-0.25, -0.2) is 0 Å². The molecule has 0 aromatic heterocycles. The first-order chi connectivity index (χ1) is 7.86. The van der Waals surface area contributed by atoms with Gasteiger partial charge in [-0.2, -0.15) is 0 Å². The molecule has 2 N–H and O–H groups in total. The highest BCUT2D eigenvalue weighted by molar-refractivity contribution is 5.21. The molecule has 3 heteroatoms. The van der Waals surface area contributed by atoms with Gasteiger partial charge < -0.3 is 15.2 Å². The van der Waals surface area contributed by atoms with Gasteiger partial charge in [0.15, 0.2) is 0 Å². The molecule has 3 nitrogen and oxygen atoms in total. The molecule has 0 bridgehead atoms. The molecule has 1 unspecified atom stereocenters. The van der Waals surface area contributed by atoms with Gasteiger partial charge in [-0.15, -0.1) is 0 Å². The van der Waals surface area contributed by atoms with Crippen molar-refractivity contribution in [3.8, 4) is 5.75 Å². The zero-order valence-electron chi connectivity index (χ0n) is 9.26. The minimum atomic E-state index is -0.166. The van der Waals surface area contributed by atoms with E-state index >= 15 is 0 Å². The van der Waals surface area contributed by atoms with Crippen LogP contribution in [-0.2, 0) is 4.74 Å². The molecule has 1 aromatic carbocycles. The van der Waals surface area contributed by atoms with E-state index in [4.69, 9.17) is 15.2 Å². The minimum Gasteiger partial charge on any atom is -0.496 e. The molecule has 86 valence electrons. The largest absolute Gasteiger partial charge is 0.496 e. The van der Waals surface area contributed by atoms with Gasteiger partial charge in [0.1, 0.15) is 18.1 Å². The highest BCUT2D eigenvalue weighted by atomic mass is 16.5. The van der Waals surface area contributed by atoms with Crippen LogP contribution >= 0.6 is 0 Å². The number of rotatable bonds is 4. The van der Waals surface area contributed by atoms with Crippen LogP contribution in [0.25, 0.3) is 0 Å². The van der Waals surface area contributed by atoms with Gasteiger partial charge in [-0.3, -0.25) is 0 Å². The third kappa shape index (κ3) is 3.00. The third-order valence-electron chi connectivity index (χ3n) is 2.50. The van der Waals surface area contributed by atoms with Crippen LogP contribution in [0.2, 0.25) is 0 Å². The first-order valence-corrected chi connectivity index (χ1v) is 5.62. The molecule has 2 rings (SSSR count). The third-order valence-corrected chi connectivity index (χ3v) is 2.50. The van der Waals surface area contributed by atoms with Crippen LogP contribution in [0.4, 0.5) is 0 Å². The SMILES string of the molecule is NC(COc1ccccc1)C1=CCCCO1. The van der Waals surface area contributed by atoms with E-state index < -0.39 is 0 Å². The average Bonchev–Trinajstić information content (AvgIpc) is 2.38. The number of ether oxygens (including phenoxy) is 2. The second-order valence-electron chi connectivity index (χ2n) is 3.83. The number of nitrogens with two attached hydrogens (primary N) is 1. The average molecular weight is 219 g/mol. The number of para-hydroxylation sites is 1. The molecule has 0 aliphatic carbocycles. The van der Waals surface area contributed by atoms with Crippen molar-refractivity contribution in [1.29, 1.82) is 0 Å². The van der Waals surface area contributed by atoms with E-state index in [2.05, 4.69) is 6.08 Å². The lowest BCUT2D eigenvalue weighted by molar-refractivity contribution is 0.158. The summed E-state index contributed by atoms with van der Waals surface area (Å²) in [7, 11) is 0. The van der Waals surface area contributed by atoms with Crippen molar-refractivity contribution in [3.05, 3.63) is 42.2 Å². The smallest absolute Gasteiger partial charge is 0.119 e. The fraction of sp³-hybridized carbons (Fsp3) is 0.385. The maximum absolute atomic E-state index is 5.98. The van der Waals surface area contributed by atoms with Crippen molar-refractivity contribution in [1.82, 2.24) is 0 Å². The van der Waals surface area contributed by atoms with Gasteiger partial charge in [0.05, 0.1) is 12.6 Å². The summed E-state index contributed by atoms with van der Waals surface area (Å²) < 4.78 is 11.1. The predicted octanol–water partition coefficient (Wildman–Crippen LogP) is 2.09. The van der Waals surface area contributed by atoms with Gasteiger partial charge in [0.2, 0.25) is 0 Å². The standard InChI is InChI=1S/C13H17NO2/c14-12(13-8-4-5-9-15-13)10-16-11-6-2-1-3-7-11/h1-3,6-8,12H,4-5,9-10,14H2. The van der Waals surface area contributed by atoms with Crippen molar-refractivity contribution in [2.75, 3.05) is 13.2 Å². The van der Waals surface area contributed by atoms with Gasteiger partial charge in [0.25, 0.3) is 0 Å². The zero-order chi connectivity index (χ0) is 11.2. The lowest BCUT2D eigenvalue weighted by Crippen LogP contribution is -2.32. The molecule has 0 spiro atoms. The second kappa shape index (κ2) is 5.56. The van der Waals surface area contributed by atoms with E-state index in [-0.39, 0.29) is 6.04 Å². The Morgan fingerprint density at radius 2 is 2.12 bits per heavy atom.